The Hall–Kier alpha value is -2.96. The number of imidazole rings is 1. The SMILES string of the molecule is CCC(CC)Nc1ncnc2c1ncn2-c1cc(C(=O)NC2CC2)ccc1C. The summed E-state index contributed by atoms with van der Waals surface area (Å²) in [5.74, 6) is 0.719. The second-order valence-electron chi connectivity index (χ2n) is 7.42. The molecule has 0 saturated heterocycles. The zero-order valence-corrected chi connectivity index (χ0v) is 16.6. The first-order chi connectivity index (χ1) is 13.6. The fourth-order valence-corrected chi connectivity index (χ4v) is 3.31. The Morgan fingerprint density at radius 3 is 2.71 bits per heavy atom. The fourth-order valence-electron chi connectivity index (χ4n) is 3.31. The third-order valence-electron chi connectivity index (χ3n) is 5.30. The molecule has 2 heterocycles. The van der Waals surface area contributed by atoms with Crippen molar-refractivity contribution in [2.45, 2.75) is 58.5 Å². The molecule has 0 radical (unpaired) electrons. The minimum absolute atomic E-state index is 0.0288. The third-order valence-corrected chi connectivity index (χ3v) is 5.30. The topological polar surface area (TPSA) is 84.7 Å². The molecule has 1 amide bonds. The van der Waals surface area contributed by atoms with Crippen LogP contribution in [0.2, 0.25) is 0 Å². The van der Waals surface area contributed by atoms with Gasteiger partial charge >= 0.3 is 0 Å². The van der Waals surface area contributed by atoms with E-state index in [2.05, 4.69) is 39.4 Å². The quantitative estimate of drug-likeness (QED) is 0.656. The second kappa shape index (κ2) is 7.58. The number of rotatable bonds is 7. The van der Waals surface area contributed by atoms with Crippen LogP contribution in [0.3, 0.4) is 0 Å². The summed E-state index contributed by atoms with van der Waals surface area (Å²) in [4.78, 5) is 25.9. The van der Waals surface area contributed by atoms with Crippen molar-refractivity contribution >= 4 is 22.9 Å². The van der Waals surface area contributed by atoms with E-state index in [1.807, 2.05) is 29.7 Å². The van der Waals surface area contributed by atoms with Crippen molar-refractivity contribution in [2.24, 2.45) is 0 Å². The maximum Gasteiger partial charge on any atom is 0.251 e. The number of aromatic nitrogens is 4. The molecule has 7 heteroatoms. The van der Waals surface area contributed by atoms with Crippen molar-refractivity contribution in [2.75, 3.05) is 5.32 Å². The predicted octanol–water partition coefficient (Wildman–Crippen LogP) is 3.62. The number of carbonyl (C=O) groups excluding carboxylic acids is 1. The zero-order valence-electron chi connectivity index (χ0n) is 16.6. The van der Waals surface area contributed by atoms with Crippen LogP contribution in [-0.4, -0.2) is 37.5 Å². The Bertz CT molecular complexity index is 1000. The Morgan fingerprint density at radius 1 is 1.21 bits per heavy atom. The molecule has 3 aromatic rings. The van der Waals surface area contributed by atoms with Crippen LogP contribution in [0.1, 0.15) is 55.5 Å². The Morgan fingerprint density at radius 2 is 2.00 bits per heavy atom. The van der Waals surface area contributed by atoms with Crippen molar-refractivity contribution in [3.05, 3.63) is 42.0 Å². The van der Waals surface area contributed by atoms with E-state index in [-0.39, 0.29) is 5.91 Å². The van der Waals surface area contributed by atoms with Gasteiger partial charge in [0.05, 0.1) is 5.69 Å². The second-order valence-corrected chi connectivity index (χ2v) is 7.42. The average Bonchev–Trinajstić information content (AvgIpc) is 3.42. The lowest BCUT2D eigenvalue weighted by molar-refractivity contribution is 0.0951. The zero-order chi connectivity index (χ0) is 19.7. The van der Waals surface area contributed by atoms with E-state index in [1.165, 1.54) is 0 Å². The van der Waals surface area contributed by atoms with E-state index < -0.39 is 0 Å². The van der Waals surface area contributed by atoms with Gasteiger partial charge in [0.2, 0.25) is 0 Å². The van der Waals surface area contributed by atoms with Gasteiger partial charge in [-0.15, -0.1) is 0 Å². The molecule has 146 valence electrons. The van der Waals surface area contributed by atoms with Gasteiger partial charge in [0.15, 0.2) is 17.0 Å². The van der Waals surface area contributed by atoms with Gasteiger partial charge in [-0.2, -0.15) is 0 Å². The van der Waals surface area contributed by atoms with Gasteiger partial charge in [0, 0.05) is 17.6 Å². The van der Waals surface area contributed by atoms with Gasteiger partial charge < -0.3 is 10.6 Å². The van der Waals surface area contributed by atoms with E-state index in [4.69, 9.17) is 0 Å². The molecule has 1 aliphatic carbocycles. The highest BCUT2D eigenvalue weighted by Gasteiger charge is 2.24. The maximum atomic E-state index is 12.5. The summed E-state index contributed by atoms with van der Waals surface area (Å²) in [6.45, 7) is 6.33. The third kappa shape index (κ3) is 3.56. The molecule has 2 aromatic heterocycles. The number of aryl methyl sites for hydroxylation is 1. The number of fused-ring (bicyclic) bond motifs is 1. The van der Waals surface area contributed by atoms with Gasteiger partial charge in [0.1, 0.15) is 12.7 Å². The first kappa shape index (κ1) is 18.4. The highest BCUT2D eigenvalue weighted by molar-refractivity contribution is 5.95. The monoisotopic (exact) mass is 378 g/mol. The Balaban J connectivity index is 1.72. The largest absolute Gasteiger partial charge is 0.365 e. The summed E-state index contributed by atoms with van der Waals surface area (Å²) in [5.41, 5.74) is 4.07. The molecule has 0 aliphatic heterocycles. The number of benzene rings is 1. The van der Waals surface area contributed by atoms with Crippen LogP contribution in [0, 0.1) is 6.92 Å². The van der Waals surface area contributed by atoms with Crippen LogP contribution >= 0.6 is 0 Å². The molecule has 1 fully saturated rings. The molecule has 0 spiro atoms. The summed E-state index contributed by atoms with van der Waals surface area (Å²) < 4.78 is 1.93. The van der Waals surface area contributed by atoms with Crippen molar-refractivity contribution in [3.63, 3.8) is 0 Å². The van der Waals surface area contributed by atoms with Crippen molar-refractivity contribution in [1.82, 2.24) is 24.8 Å². The number of amides is 1. The number of nitrogens with zero attached hydrogens (tertiary/aromatic N) is 4. The standard InChI is InChI=1S/C21H26N6O/c1-4-15(5-2)25-19-18-20(23-11-22-19)27(12-24-18)17-10-14(7-6-13(17)3)21(28)26-16-8-9-16/h6-7,10-12,15-16H,4-5,8-9H2,1-3H3,(H,26,28)(H,22,23,25). The van der Waals surface area contributed by atoms with Crippen LogP contribution in [0.15, 0.2) is 30.9 Å². The number of carbonyl (C=O) groups is 1. The van der Waals surface area contributed by atoms with E-state index in [9.17, 15) is 4.79 Å². The molecule has 0 atom stereocenters. The van der Waals surface area contributed by atoms with E-state index in [0.29, 0.717) is 17.6 Å². The van der Waals surface area contributed by atoms with Crippen molar-refractivity contribution < 1.29 is 4.79 Å². The van der Waals surface area contributed by atoms with E-state index in [0.717, 1.165) is 53.9 Å². The van der Waals surface area contributed by atoms with Gasteiger partial charge in [-0.05, 0) is 50.3 Å². The molecule has 0 unspecified atom stereocenters. The maximum absolute atomic E-state index is 12.5. The van der Waals surface area contributed by atoms with E-state index >= 15 is 0 Å². The molecular formula is C21H26N6O. The normalized spacial score (nSPS) is 13.9. The number of hydrogen-bond donors (Lipinski definition) is 2. The molecule has 28 heavy (non-hydrogen) atoms. The van der Waals surface area contributed by atoms with Crippen LogP contribution in [-0.2, 0) is 0 Å². The van der Waals surface area contributed by atoms with Crippen LogP contribution in [0.5, 0.6) is 0 Å². The minimum atomic E-state index is -0.0288. The average molecular weight is 378 g/mol. The van der Waals surface area contributed by atoms with Crippen LogP contribution in [0.4, 0.5) is 5.82 Å². The lowest BCUT2D eigenvalue weighted by Crippen LogP contribution is -2.25. The highest BCUT2D eigenvalue weighted by atomic mass is 16.1. The molecule has 4 rings (SSSR count). The first-order valence-electron chi connectivity index (χ1n) is 9.97. The van der Waals surface area contributed by atoms with E-state index in [1.54, 1.807) is 12.7 Å². The summed E-state index contributed by atoms with van der Waals surface area (Å²) in [5, 5.41) is 6.51. The molecule has 1 aromatic carbocycles. The van der Waals surface area contributed by atoms with Gasteiger partial charge in [0.25, 0.3) is 5.91 Å². The number of anilines is 1. The van der Waals surface area contributed by atoms with Crippen molar-refractivity contribution in [1.29, 1.82) is 0 Å². The van der Waals surface area contributed by atoms with Crippen molar-refractivity contribution in [3.8, 4) is 5.69 Å². The molecule has 7 nitrogen and oxygen atoms in total. The lowest BCUT2D eigenvalue weighted by Gasteiger charge is -2.15. The predicted molar refractivity (Wildman–Crippen MR) is 110 cm³/mol. The minimum Gasteiger partial charge on any atom is -0.365 e. The lowest BCUT2D eigenvalue weighted by atomic mass is 10.1. The summed E-state index contributed by atoms with van der Waals surface area (Å²) in [7, 11) is 0. The summed E-state index contributed by atoms with van der Waals surface area (Å²) in [6.07, 6.45) is 7.48. The molecule has 1 saturated carbocycles. The molecule has 0 bridgehead atoms. The number of nitrogens with one attached hydrogen (secondary N) is 2. The number of hydrogen-bond acceptors (Lipinski definition) is 5. The first-order valence-corrected chi connectivity index (χ1v) is 9.97. The van der Waals surface area contributed by atoms with Gasteiger partial charge in [-0.1, -0.05) is 19.9 Å². The Kier molecular flexibility index (Phi) is 4.98. The highest BCUT2D eigenvalue weighted by Crippen LogP contribution is 2.25. The summed E-state index contributed by atoms with van der Waals surface area (Å²) in [6, 6.07) is 6.42. The molecule has 2 N–H and O–H groups in total. The fraction of sp³-hybridized carbons (Fsp3) is 0.429. The smallest absolute Gasteiger partial charge is 0.251 e. The summed E-state index contributed by atoms with van der Waals surface area (Å²) >= 11 is 0. The van der Waals surface area contributed by atoms with Gasteiger partial charge in [-0.25, -0.2) is 15.0 Å². The molecule has 1 aliphatic rings. The molecular weight excluding hydrogens is 352 g/mol. The van der Waals surface area contributed by atoms with Gasteiger partial charge in [-0.3, -0.25) is 9.36 Å². The van der Waals surface area contributed by atoms with Crippen LogP contribution in [0.25, 0.3) is 16.9 Å². The Labute approximate surface area is 164 Å². The van der Waals surface area contributed by atoms with Crippen LogP contribution < -0.4 is 10.6 Å².